The third-order valence-corrected chi connectivity index (χ3v) is 5.80. The Hall–Kier alpha value is -3.69. The summed E-state index contributed by atoms with van der Waals surface area (Å²) in [5.41, 5.74) is 1.79. The van der Waals surface area contributed by atoms with Crippen LogP contribution >= 0.6 is 11.8 Å². The van der Waals surface area contributed by atoms with E-state index in [1.165, 1.54) is 5.39 Å². The van der Waals surface area contributed by atoms with Gasteiger partial charge in [-0.05, 0) is 64.9 Å². The van der Waals surface area contributed by atoms with Crippen molar-refractivity contribution in [2.24, 2.45) is 0 Å². The zero-order valence-electron chi connectivity index (χ0n) is 17.5. The van der Waals surface area contributed by atoms with Crippen LogP contribution in [0.3, 0.4) is 0 Å². The Labute approximate surface area is 191 Å². The minimum atomic E-state index is -0.382. The van der Waals surface area contributed by atoms with E-state index in [1.54, 1.807) is 12.1 Å². The highest BCUT2D eigenvalue weighted by Crippen LogP contribution is 2.35. The summed E-state index contributed by atoms with van der Waals surface area (Å²) in [7, 11) is 0. The third kappa shape index (κ3) is 4.63. The van der Waals surface area contributed by atoms with E-state index in [-0.39, 0.29) is 17.7 Å². The third-order valence-electron chi connectivity index (χ3n) is 4.90. The molecule has 0 saturated carbocycles. The number of amides is 2. The van der Waals surface area contributed by atoms with Crippen LogP contribution in [0.2, 0.25) is 0 Å². The fourth-order valence-electron chi connectivity index (χ4n) is 3.37. The van der Waals surface area contributed by atoms with E-state index in [4.69, 9.17) is 15.9 Å². The number of carbonyl (C=O) groups excluding carboxylic acids is 2. The van der Waals surface area contributed by atoms with Crippen LogP contribution < -0.4 is 9.47 Å². The van der Waals surface area contributed by atoms with Crippen LogP contribution in [0.5, 0.6) is 11.5 Å². The second kappa shape index (κ2) is 9.63. The second-order valence-electron chi connectivity index (χ2n) is 7.08. The highest BCUT2D eigenvalue weighted by atomic mass is 32.2. The van der Waals surface area contributed by atoms with E-state index >= 15 is 0 Å². The topological polar surface area (TPSA) is 55.8 Å². The molecule has 0 aromatic heterocycles. The number of fused-ring (bicyclic) bond motifs is 1. The fraction of sp³-hybridized carbons (Fsp3) is 0.154. The number of rotatable bonds is 7. The van der Waals surface area contributed by atoms with Crippen LogP contribution in [-0.4, -0.2) is 29.2 Å². The molecule has 0 atom stereocenters. The standard InChI is InChI=1S/C26H21NO4S/c1-3-13-27-25(28)24(32-26(27)29)16-18-10-12-22(23(15-18)30-4-2)31-17-19-9-11-20-7-5-6-8-21(20)14-19/h1,5-12,14-16H,4,13,17H2,2H3/b24-16+. The summed E-state index contributed by atoms with van der Waals surface area (Å²) in [6.07, 6.45) is 6.91. The smallest absolute Gasteiger partial charge is 0.294 e. The van der Waals surface area contributed by atoms with Crippen LogP contribution in [0.15, 0.2) is 65.6 Å². The summed E-state index contributed by atoms with van der Waals surface area (Å²) in [4.78, 5) is 25.8. The summed E-state index contributed by atoms with van der Waals surface area (Å²) >= 11 is 0.879. The maximum absolute atomic E-state index is 12.4. The molecule has 0 unspecified atom stereocenters. The van der Waals surface area contributed by atoms with E-state index in [1.807, 2.05) is 37.3 Å². The van der Waals surface area contributed by atoms with Gasteiger partial charge in [0.1, 0.15) is 6.61 Å². The fourth-order valence-corrected chi connectivity index (χ4v) is 4.21. The zero-order valence-corrected chi connectivity index (χ0v) is 18.4. The molecule has 160 valence electrons. The molecular formula is C26H21NO4S. The van der Waals surface area contributed by atoms with Crippen LogP contribution in [-0.2, 0) is 11.4 Å². The van der Waals surface area contributed by atoms with Crippen LogP contribution in [0, 0.1) is 12.3 Å². The Balaban J connectivity index is 1.53. The molecule has 0 spiro atoms. The van der Waals surface area contributed by atoms with Crippen molar-refractivity contribution >= 4 is 39.8 Å². The number of ether oxygens (including phenoxy) is 2. The molecule has 5 nitrogen and oxygen atoms in total. The van der Waals surface area contributed by atoms with Crippen molar-refractivity contribution in [3.63, 3.8) is 0 Å². The van der Waals surface area contributed by atoms with Gasteiger partial charge in [-0.1, -0.05) is 48.4 Å². The summed E-state index contributed by atoms with van der Waals surface area (Å²) in [6, 6.07) is 19.8. The zero-order chi connectivity index (χ0) is 22.5. The molecule has 0 radical (unpaired) electrons. The maximum Gasteiger partial charge on any atom is 0.294 e. The molecule has 32 heavy (non-hydrogen) atoms. The van der Waals surface area contributed by atoms with Crippen molar-refractivity contribution in [1.82, 2.24) is 4.90 Å². The quantitative estimate of drug-likeness (QED) is 0.357. The van der Waals surface area contributed by atoms with Gasteiger partial charge in [0.15, 0.2) is 11.5 Å². The Bertz CT molecular complexity index is 1260. The monoisotopic (exact) mass is 443 g/mol. The van der Waals surface area contributed by atoms with E-state index in [9.17, 15) is 9.59 Å². The van der Waals surface area contributed by atoms with Gasteiger partial charge in [-0.15, -0.1) is 6.42 Å². The van der Waals surface area contributed by atoms with Crippen LogP contribution in [0.25, 0.3) is 16.8 Å². The van der Waals surface area contributed by atoms with Crippen LogP contribution in [0.1, 0.15) is 18.1 Å². The molecule has 6 heteroatoms. The van der Waals surface area contributed by atoms with Crippen molar-refractivity contribution in [3.8, 4) is 23.8 Å². The SMILES string of the molecule is C#CCN1C(=O)S/C(=C/c2ccc(OCc3ccc4ccccc4c3)c(OCC)c2)C1=O. The number of hydrogen-bond donors (Lipinski definition) is 0. The lowest BCUT2D eigenvalue weighted by molar-refractivity contribution is -0.122. The normalized spacial score (nSPS) is 14.8. The first kappa shape index (κ1) is 21.5. The molecule has 1 heterocycles. The van der Waals surface area contributed by atoms with E-state index in [0.29, 0.717) is 29.6 Å². The van der Waals surface area contributed by atoms with Gasteiger partial charge in [0.25, 0.3) is 11.1 Å². The molecule has 1 aliphatic rings. The van der Waals surface area contributed by atoms with Gasteiger partial charge in [0.05, 0.1) is 18.1 Å². The van der Waals surface area contributed by atoms with Crippen molar-refractivity contribution in [1.29, 1.82) is 0 Å². The number of thioether (sulfide) groups is 1. The summed E-state index contributed by atoms with van der Waals surface area (Å²) in [5, 5.41) is 1.98. The number of carbonyl (C=O) groups is 2. The lowest BCUT2D eigenvalue weighted by Crippen LogP contribution is -2.28. The second-order valence-corrected chi connectivity index (χ2v) is 8.07. The molecular weight excluding hydrogens is 422 g/mol. The summed E-state index contributed by atoms with van der Waals surface area (Å²) < 4.78 is 11.8. The molecule has 0 N–H and O–H groups in total. The van der Waals surface area contributed by atoms with E-state index < -0.39 is 0 Å². The maximum atomic E-state index is 12.4. The van der Waals surface area contributed by atoms with Gasteiger partial charge in [-0.2, -0.15) is 0 Å². The first-order chi connectivity index (χ1) is 15.6. The number of benzene rings is 3. The van der Waals surface area contributed by atoms with Gasteiger partial charge in [-0.3, -0.25) is 14.5 Å². The Morgan fingerprint density at radius 2 is 1.81 bits per heavy atom. The lowest BCUT2D eigenvalue weighted by atomic mass is 10.1. The lowest BCUT2D eigenvalue weighted by Gasteiger charge is -2.13. The average molecular weight is 444 g/mol. The van der Waals surface area contributed by atoms with Gasteiger partial charge in [-0.25, -0.2) is 0 Å². The Morgan fingerprint density at radius 1 is 1.00 bits per heavy atom. The largest absolute Gasteiger partial charge is 0.490 e. The molecule has 3 aromatic carbocycles. The van der Waals surface area contributed by atoms with E-state index in [0.717, 1.165) is 33.2 Å². The number of terminal acetylenes is 1. The number of nitrogens with zero attached hydrogens (tertiary/aromatic N) is 1. The minimum Gasteiger partial charge on any atom is -0.490 e. The molecule has 2 amide bonds. The Morgan fingerprint density at radius 3 is 2.59 bits per heavy atom. The molecule has 1 aliphatic heterocycles. The first-order valence-corrected chi connectivity index (χ1v) is 11.0. The number of hydrogen-bond acceptors (Lipinski definition) is 5. The van der Waals surface area contributed by atoms with Crippen molar-refractivity contribution in [2.45, 2.75) is 13.5 Å². The minimum absolute atomic E-state index is 0.0340. The number of imide groups is 1. The van der Waals surface area contributed by atoms with Gasteiger partial charge in [0, 0.05) is 0 Å². The molecule has 3 aromatic rings. The predicted octanol–water partition coefficient (Wildman–Crippen LogP) is 5.49. The van der Waals surface area contributed by atoms with Crippen molar-refractivity contribution in [3.05, 3.63) is 76.7 Å². The predicted molar refractivity (Wildman–Crippen MR) is 127 cm³/mol. The van der Waals surface area contributed by atoms with E-state index in [2.05, 4.69) is 30.2 Å². The van der Waals surface area contributed by atoms with Gasteiger partial charge < -0.3 is 9.47 Å². The molecule has 1 saturated heterocycles. The molecule has 4 rings (SSSR count). The van der Waals surface area contributed by atoms with Crippen LogP contribution in [0.4, 0.5) is 4.79 Å². The molecule has 0 bridgehead atoms. The average Bonchev–Trinajstić information content (AvgIpc) is 3.06. The van der Waals surface area contributed by atoms with Gasteiger partial charge >= 0.3 is 0 Å². The summed E-state index contributed by atoms with van der Waals surface area (Å²) in [5.74, 6) is 3.13. The summed E-state index contributed by atoms with van der Waals surface area (Å²) in [6.45, 7) is 2.72. The van der Waals surface area contributed by atoms with Crippen molar-refractivity contribution < 1.29 is 19.1 Å². The van der Waals surface area contributed by atoms with Crippen molar-refractivity contribution in [2.75, 3.05) is 13.2 Å². The van der Waals surface area contributed by atoms with Gasteiger partial charge in [0.2, 0.25) is 0 Å². The highest BCUT2D eigenvalue weighted by Gasteiger charge is 2.34. The molecule has 0 aliphatic carbocycles. The Kier molecular flexibility index (Phi) is 6.48. The molecule has 1 fully saturated rings. The highest BCUT2D eigenvalue weighted by molar-refractivity contribution is 8.18. The first-order valence-electron chi connectivity index (χ1n) is 10.1.